The minimum atomic E-state index is -0.736. The summed E-state index contributed by atoms with van der Waals surface area (Å²) in [6.45, 7) is 8.62. The van der Waals surface area contributed by atoms with E-state index in [1.54, 1.807) is 4.90 Å². The molecule has 6 rings (SSSR count). The summed E-state index contributed by atoms with van der Waals surface area (Å²) in [5.74, 6) is -0.0905. The molecule has 0 bridgehead atoms. The number of aromatic nitrogens is 3. The van der Waals surface area contributed by atoms with Crippen molar-refractivity contribution in [3.63, 3.8) is 0 Å². The number of amides is 2. The van der Waals surface area contributed by atoms with Crippen molar-refractivity contribution in [2.75, 3.05) is 26.2 Å². The number of imidazole rings is 1. The molecule has 1 aliphatic carbocycles. The van der Waals surface area contributed by atoms with Crippen LogP contribution in [-0.2, 0) is 35.5 Å². The monoisotopic (exact) mass is 654 g/mol. The fourth-order valence-corrected chi connectivity index (χ4v) is 7.00. The molecule has 1 saturated heterocycles. The second-order valence-corrected chi connectivity index (χ2v) is 13.2. The van der Waals surface area contributed by atoms with E-state index in [2.05, 4.69) is 32.7 Å². The Labute approximate surface area is 282 Å². The van der Waals surface area contributed by atoms with Crippen molar-refractivity contribution in [3.8, 4) is 0 Å². The third-order valence-electron chi connectivity index (χ3n) is 9.02. The summed E-state index contributed by atoms with van der Waals surface area (Å²) in [5, 5.41) is 0.707. The second kappa shape index (κ2) is 14.7. The Kier molecular flexibility index (Phi) is 10.2. The Hall–Kier alpha value is -4.21. The smallest absolute Gasteiger partial charge is 0.410 e. The quantitative estimate of drug-likeness (QED) is 0.218. The van der Waals surface area contributed by atoms with Gasteiger partial charge in [0.2, 0.25) is 5.91 Å². The van der Waals surface area contributed by atoms with E-state index in [4.69, 9.17) is 21.3 Å². The van der Waals surface area contributed by atoms with Crippen LogP contribution >= 0.6 is 11.6 Å². The van der Waals surface area contributed by atoms with E-state index in [0.717, 1.165) is 48.3 Å². The summed E-state index contributed by atoms with van der Waals surface area (Å²) < 4.78 is 7.75. The molecule has 2 aromatic carbocycles. The fraction of sp³-hybridized carbons (Fsp3) is 0.405. The molecular weight excluding hydrogens is 612 g/mol. The van der Waals surface area contributed by atoms with E-state index in [-0.39, 0.29) is 18.1 Å². The van der Waals surface area contributed by atoms with Gasteiger partial charge in [0.05, 0.1) is 29.9 Å². The van der Waals surface area contributed by atoms with Crippen molar-refractivity contribution in [3.05, 3.63) is 118 Å². The molecule has 0 saturated carbocycles. The van der Waals surface area contributed by atoms with E-state index >= 15 is 0 Å². The van der Waals surface area contributed by atoms with Gasteiger partial charge in [-0.05, 0) is 80.5 Å². The van der Waals surface area contributed by atoms with Gasteiger partial charge in [0.25, 0.3) is 0 Å². The number of benzene rings is 2. The normalized spacial score (nSPS) is 17.9. The van der Waals surface area contributed by atoms with Crippen LogP contribution in [0.1, 0.15) is 60.0 Å². The van der Waals surface area contributed by atoms with E-state index in [9.17, 15) is 9.59 Å². The Morgan fingerprint density at radius 1 is 1.02 bits per heavy atom. The highest BCUT2D eigenvalue weighted by Crippen LogP contribution is 2.38. The van der Waals surface area contributed by atoms with Gasteiger partial charge in [-0.15, -0.1) is 0 Å². The maximum Gasteiger partial charge on any atom is 0.410 e. The van der Waals surface area contributed by atoms with Crippen LogP contribution in [0.2, 0.25) is 5.02 Å². The zero-order chi connectivity index (χ0) is 32.9. The third-order valence-corrected chi connectivity index (χ3v) is 9.25. The van der Waals surface area contributed by atoms with Gasteiger partial charge in [0, 0.05) is 56.7 Å². The van der Waals surface area contributed by atoms with Crippen LogP contribution < -0.4 is 0 Å². The van der Waals surface area contributed by atoms with E-state index in [1.807, 2.05) is 86.9 Å². The van der Waals surface area contributed by atoms with Crippen LogP contribution in [0.25, 0.3) is 0 Å². The number of rotatable bonds is 9. The molecule has 2 atom stereocenters. The highest BCUT2D eigenvalue weighted by atomic mass is 35.5. The molecule has 2 amide bonds. The number of pyridine rings is 1. The Bertz CT molecular complexity index is 1690. The summed E-state index contributed by atoms with van der Waals surface area (Å²) in [6, 6.07) is 19.3. The molecule has 2 aliphatic rings. The number of fused-ring (bicyclic) bond motifs is 2. The van der Waals surface area contributed by atoms with Crippen LogP contribution in [0.3, 0.4) is 0 Å². The molecule has 9 nitrogen and oxygen atoms in total. The van der Waals surface area contributed by atoms with Gasteiger partial charge in [-0.1, -0.05) is 54.1 Å². The first-order chi connectivity index (χ1) is 22.8. The molecule has 0 unspecified atom stereocenters. The zero-order valence-electron chi connectivity index (χ0n) is 27.4. The number of carbonyl (C=O) groups is 2. The standard InChI is InChI=1S/C37H43ClN6O3/c1-26(2)47-37(46)44-20-19-42(35-32-15-14-31(38)21-30(32)13-12-29-11-7-16-39-34(29)35)24-33(44)36(45)43(23-28-9-5-4-6-10-28)18-8-17-41-22-27(3)40-25-41/h4-7,9-11,14-16,21-22,25-26,33,35H,8,12-13,17-20,23-24H2,1-3H3/t33-,35-/m1/s1. The van der Waals surface area contributed by atoms with Gasteiger partial charge in [-0.2, -0.15) is 0 Å². The first kappa shape index (κ1) is 32.7. The maximum atomic E-state index is 14.8. The summed E-state index contributed by atoms with van der Waals surface area (Å²) in [7, 11) is 0. The van der Waals surface area contributed by atoms with Crippen LogP contribution in [0.15, 0.2) is 79.4 Å². The molecule has 246 valence electrons. The summed E-state index contributed by atoms with van der Waals surface area (Å²) >= 11 is 6.48. The zero-order valence-corrected chi connectivity index (χ0v) is 28.1. The van der Waals surface area contributed by atoms with E-state index < -0.39 is 12.1 Å². The minimum absolute atomic E-state index is 0.0905. The van der Waals surface area contributed by atoms with Gasteiger partial charge < -0.3 is 14.2 Å². The molecule has 1 aliphatic heterocycles. The van der Waals surface area contributed by atoms with Gasteiger partial charge in [-0.3, -0.25) is 19.6 Å². The predicted octanol–water partition coefficient (Wildman–Crippen LogP) is 6.08. The Balaban J connectivity index is 1.33. The van der Waals surface area contributed by atoms with Crippen molar-refractivity contribution >= 4 is 23.6 Å². The summed E-state index contributed by atoms with van der Waals surface area (Å²) in [5.41, 5.74) is 6.52. The van der Waals surface area contributed by atoms with Gasteiger partial charge in [-0.25, -0.2) is 9.78 Å². The average molecular weight is 655 g/mol. The lowest BCUT2D eigenvalue weighted by Gasteiger charge is -2.44. The molecule has 2 aromatic heterocycles. The number of hydrogen-bond donors (Lipinski definition) is 0. The molecule has 47 heavy (non-hydrogen) atoms. The van der Waals surface area contributed by atoms with Crippen LogP contribution in [0.5, 0.6) is 0 Å². The maximum absolute atomic E-state index is 14.8. The summed E-state index contributed by atoms with van der Waals surface area (Å²) in [6.07, 6.45) is 7.38. The third kappa shape index (κ3) is 7.68. The molecular formula is C37H43ClN6O3. The van der Waals surface area contributed by atoms with E-state index in [1.165, 1.54) is 11.1 Å². The largest absolute Gasteiger partial charge is 0.447 e. The number of aryl methyl sites for hydroxylation is 4. The topological polar surface area (TPSA) is 83.8 Å². The van der Waals surface area contributed by atoms with Crippen LogP contribution in [0.4, 0.5) is 4.79 Å². The molecule has 0 radical (unpaired) electrons. The van der Waals surface area contributed by atoms with Gasteiger partial charge >= 0.3 is 6.09 Å². The number of nitrogens with zero attached hydrogens (tertiary/aromatic N) is 6. The Morgan fingerprint density at radius 3 is 2.60 bits per heavy atom. The number of carbonyl (C=O) groups excluding carboxylic acids is 2. The molecule has 1 fully saturated rings. The van der Waals surface area contributed by atoms with Crippen molar-refractivity contribution in [1.29, 1.82) is 0 Å². The molecule has 3 heterocycles. The van der Waals surface area contributed by atoms with Crippen LogP contribution in [-0.4, -0.2) is 79.6 Å². The number of ether oxygens (including phenoxy) is 1. The first-order valence-electron chi connectivity index (χ1n) is 16.5. The summed E-state index contributed by atoms with van der Waals surface area (Å²) in [4.78, 5) is 43.4. The number of piperazine rings is 1. The van der Waals surface area contributed by atoms with E-state index in [0.29, 0.717) is 37.7 Å². The first-order valence-corrected chi connectivity index (χ1v) is 16.9. The fourth-order valence-electron chi connectivity index (χ4n) is 6.81. The SMILES string of the molecule is Cc1cn(CCCN(Cc2ccccc2)C(=O)[C@H]2CN([C@@H]3c4ccc(Cl)cc4CCc4cccnc43)CCN2C(=O)OC(C)C)cn1. The van der Waals surface area contributed by atoms with Crippen LogP contribution in [0, 0.1) is 6.92 Å². The van der Waals surface area contributed by atoms with Gasteiger partial charge in [0.1, 0.15) is 6.04 Å². The van der Waals surface area contributed by atoms with Crippen molar-refractivity contribution in [1.82, 2.24) is 29.2 Å². The van der Waals surface area contributed by atoms with Crippen molar-refractivity contribution < 1.29 is 14.3 Å². The highest BCUT2D eigenvalue weighted by Gasteiger charge is 2.42. The lowest BCUT2D eigenvalue weighted by molar-refractivity contribution is -0.140. The highest BCUT2D eigenvalue weighted by molar-refractivity contribution is 6.30. The lowest BCUT2D eigenvalue weighted by atomic mass is 9.95. The molecule has 4 aromatic rings. The van der Waals surface area contributed by atoms with Gasteiger partial charge in [0.15, 0.2) is 0 Å². The predicted molar refractivity (Wildman–Crippen MR) is 182 cm³/mol. The lowest BCUT2D eigenvalue weighted by Crippen LogP contribution is -2.62. The van der Waals surface area contributed by atoms with Crippen molar-refractivity contribution in [2.45, 2.75) is 71.3 Å². The Morgan fingerprint density at radius 2 is 1.83 bits per heavy atom. The number of hydrogen-bond acceptors (Lipinski definition) is 6. The molecule has 0 spiro atoms. The molecule has 0 N–H and O–H groups in total. The molecule has 10 heteroatoms. The minimum Gasteiger partial charge on any atom is -0.447 e. The van der Waals surface area contributed by atoms with Crippen molar-refractivity contribution in [2.24, 2.45) is 0 Å². The second-order valence-electron chi connectivity index (χ2n) is 12.8. The number of halogens is 1. The average Bonchev–Trinajstić information content (AvgIpc) is 3.41.